The number of likely N-dealkylation sites (tertiary alicyclic amines) is 1. The van der Waals surface area contributed by atoms with Gasteiger partial charge in [-0.05, 0) is 50.8 Å². The number of aryl methyl sites for hydroxylation is 1. The van der Waals surface area contributed by atoms with E-state index in [1.807, 2.05) is 73.3 Å². The molecule has 0 radical (unpaired) electrons. The Hall–Kier alpha value is -2.37. The summed E-state index contributed by atoms with van der Waals surface area (Å²) in [5.41, 5.74) is 8.76. The number of nitrogens with one attached hydrogen (secondary N) is 1. The van der Waals surface area contributed by atoms with Crippen molar-refractivity contribution in [3.05, 3.63) is 71.3 Å². The Kier molecular flexibility index (Phi) is 8.88. The number of nitrogens with zero attached hydrogens (tertiary/aromatic N) is 1. The van der Waals surface area contributed by atoms with Crippen LogP contribution in [-0.4, -0.2) is 35.3 Å². The van der Waals surface area contributed by atoms with E-state index in [0.29, 0.717) is 5.56 Å². The van der Waals surface area contributed by atoms with Gasteiger partial charge in [-0.1, -0.05) is 48.0 Å². The lowest BCUT2D eigenvalue weighted by Gasteiger charge is -2.38. The Balaban J connectivity index is 0.00000320. The molecule has 1 heterocycles. The number of nitrogens with two attached hydrogens (primary N) is 1. The van der Waals surface area contributed by atoms with E-state index in [-0.39, 0.29) is 48.8 Å². The maximum Gasteiger partial charge on any atom is 0.251 e. The number of piperidine rings is 1. The van der Waals surface area contributed by atoms with E-state index in [1.54, 1.807) is 0 Å². The minimum absolute atomic E-state index is 0. The first-order chi connectivity index (χ1) is 14.0. The van der Waals surface area contributed by atoms with Crippen LogP contribution in [0.5, 0.6) is 0 Å². The van der Waals surface area contributed by atoms with Crippen molar-refractivity contribution in [3.63, 3.8) is 0 Å². The van der Waals surface area contributed by atoms with Crippen LogP contribution >= 0.6 is 12.4 Å². The SMILES string of the molecule is Cc1ccc(C(=O)NC(CC(=O)N2CCCCC2C(C)N)c2ccccc2)cc1.Cl. The van der Waals surface area contributed by atoms with Gasteiger partial charge in [-0.3, -0.25) is 9.59 Å². The third-order valence-electron chi connectivity index (χ3n) is 5.68. The molecule has 0 spiro atoms. The number of hydrogen-bond donors (Lipinski definition) is 2. The van der Waals surface area contributed by atoms with Crippen LogP contribution in [0.4, 0.5) is 0 Å². The monoisotopic (exact) mass is 429 g/mol. The summed E-state index contributed by atoms with van der Waals surface area (Å²) in [5.74, 6) is -0.126. The van der Waals surface area contributed by atoms with Gasteiger partial charge >= 0.3 is 0 Å². The summed E-state index contributed by atoms with van der Waals surface area (Å²) in [5, 5.41) is 3.07. The molecule has 1 fully saturated rings. The number of carbonyl (C=O) groups is 2. The third kappa shape index (κ3) is 6.07. The van der Waals surface area contributed by atoms with Gasteiger partial charge in [-0.25, -0.2) is 0 Å². The maximum atomic E-state index is 13.2. The van der Waals surface area contributed by atoms with Crippen LogP contribution < -0.4 is 11.1 Å². The molecule has 2 amide bonds. The normalized spacial score (nSPS) is 18.1. The number of carbonyl (C=O) groups excluding carboxylic acids is 2. The summed E-state index contributed by atoms with van der Waals surface area (Å²) < 4.78 is 0. The summed E-state index contributed by atoms with van der Waals surface area (Å²) >= 11 is 0. The van der Waals surface area contributed by atoms with Crippen LogP contribution in [0.15, 0.2) is 54.6 Å². The second-order valence-corrected chi connectivity index (χ2v) is 8.02. The van der Waals surface area contributed by atoms with Crippen LogP contribution in [0.3, 0.4) is 0 Å². The third-order valence-corrected chi connectivity index (χ3v) is 5.68. The lowest BCUT2D eigenvalue weighted by atomic mass is 9.95. The van der Waals surface area contributed by atoms with E-state index in [4.69, 9.17) is 5.73 Å². The number of rotatable bonds is 6. The smallest absolute Gasteiger partial charge is 0.251 e. The van der Waals surface area contributed by atoms with Gasteiger partial charge in [-0.2, -0.15) is 0 Å². The predicted molar refractivity (Wildman–Crippen MR) is 123 cm³/mol. The van der Waals surface area contributed by atoms with Gasteiger partial charge in [0.25, 0.3) is 5.91 Å². The molecule has 0 aromatic heterocycles. The first kappa shape index (κ1) is 23.9. The van der Waals surface area contributed by atoms with E-state index in [2.05, 4.69) is 5.32 Å². The standard InChI is InChI=1S/C24H31N3O2.ClH/c1-17-11-13-20(14-12-17)24(29)26-21(19-8-4-3-5-9-19)16-23(28)27-15-7-6-10-22(27)18(2)25;/h3-5,8-9,11-14,18,21-22H,6-7,10,15-16,25H2,1-2H3,(H,26,29);1H. The van der Waals surface area contributed by atoms with Crippen molar-refractivity contribution in [1.82, 2.24) is 10.2 Å². The van der Waals surface area contributed by atoms with Crippen LogP contribution in [0.25, 0.3) is 0 Å². The fourth-order valence-corrected chi connectivity index (χ4v) is 3.99. The summed E-state index contributed by atoms with van der Waals surface area (Å²) in [6.07, 6.45) is 3.27. The molecule has 5 nitrogen and oxygen atoms in total. The lowest BCUT2D eigenvalue weighted by molar-refractivity contribution is -0.135. The molecule has 6 heteroatoms. The first-order valence-electron chi connectivity index (χ1n) is 10.4. The average Bonchev–Trinajstić information content (AvgIpc) is 2.74. The van der Waals surface area contributed by atoms with Gasteiger partial charge in [0.2, 0.25) is 5.91 Å². The topological polar surface area (TPSA) is 75.4 Å². The zero-order valence-corrected chi connectivity index (χ0v) is 18.5. The fraction of sp³-hybridized carbons (Fsp3) is 0.417. The Bertz CT molecular complexity index is 824. The Labute approximate surface area is 185 Å². The molecular weight excluding hydrogens is 398 g/mol. The number of halogens is 1. The molecule has 162 valence electrons. The first-order valence-corrected chi connectivity index (χ1v) is 10.4. The molecule has 1 saturated heterocycles. The van der Waals surface area contributed by atoms with Gasteiger partial charge in [0.05, 0.1) is 12.5 Å². The minimum Gasteiger partial charge on any atom is -0.345 e. The van der Waals surface area contributed by atoms with Gasteiger partial charge in [0.15, 0.2) is 0 Å². The lowest BCUT2D eigenvalue weighted by Crippen LogP contribution is -2.52. The van der Waals surface area contributed by atoms with Crippen LogP contribution in [0.1, 0.15) is 60.1 Å². The summed E-state index contributed by atoms with van der Waals surface area (Å²) in [4.78, 5) is 27.9. The highest BCUT2D eigenvalue weighted by atomic mass is 35.5. The van der Waals surface area contributed by atoms with Gasteiger partial charge in [-0.15, -0.1) is 12.4 Å². The van der Waals surface area contributed by atoms with Gasteiger partial charge in [0.1, 0.15) is 0 Å². The van der Waals surface area contributed by atoms with Gasteiger partial charge in [0, 0.05) is 24.2 Å². The van der Waals surface area contributed by atoms with E-state index < -0.39 is 0 Å². The second kappa shape index (κ2) is 11.1. The van der Waals surface area contributed by atoms with E-state index >= 15 is 0 Å². The minimum atomic E-state index is -0.381. The van der Waals surface area contributed by atoms with E-state index in [9.17, 15) is 9.59 Å². The van der Waals surface area contributed by atoms with Crippen molar-refractivity contribution < 1.29 is 9.59 Å². The number of benzene rings is 2. The maximum absolute atomic E-state index is 13.2. The van der Waals surface area contributed by atoms with Crippen molar-refractivity contribution in [2.24, 2.45) is 5.73 Å². The molecule has 3 unspecified atom stereocenters. The predicted octanol–water partition coefficient (Wildman–Crippen LogP) is 4.01. The Morgan fingerprint density at radius 3 is 2.40 bits per heavy atom. The summed E-state index contributed by atoms with van der Waals surface area (Å²) in [7, 11) is 0. The largest absolute Gasteiger partial charge is 0.345 e. The molecule has 0 bridgehead atoms. The number of amides is 2. The van der Waals surface area contributed by atoms with Crippen LogP contribution in [0, 0.1) is 6.92 Å². The van der Waals surface area contributed by atoms with Crippen molar-refractivity contribution in [2.45, 2.75) is 57.7 Å². The van der Waals surface area contributed by atoms with E-state index in [0.717, 1.165) is 36.9 Å². The van der Waals surface area contributed by atoms with Crippen molar-refractivity contribution in [3.8, 4) is 0 Å². The fourth-order valence-electron chi connectivity index (χ4n) is 3.99. The molecule has 1 aliphatic heterocycles. The van der Waals surface area contributed by atoms with E-state index in [1.165, 1.54) is 0 Å². The average molecular weight is 430 g/mol. The molecule has 3 N–H and O–H groups in total. The molecule has 3 rings (SSSR count). The molecule has 2 aromatic rings. The second-order valence-electron chi connectivity index (χ2n) is 8.02. The highest BCUT2D eigenvalue weighted by molar-refractivity contribution is 5.94. The highest BCUT2D eigenvalue weighted by Gasteiger charge is 2.31. The van der Waals surface area contributed by atoms with Crippen molar-refractivity contribution in [2.75, 3.05) is 6.54 Å². The molecule has 3 atom stereocenters. The Morgan fingerprint density at radius 1 is 1.10 bits per heavy atom. The van der Waals surface area contributed by atoms with Crippen LogP contribution in [-0.2, 0) is 4.79 Å². The van der Waals surface area contributed by atoms with Crippen LogP contribution in [0.2, 0.25) is 0 Å². The zero-order valence-electron chi connectivity index (χ0n) is 17.7. The molecule has 0 aliphatic carbocycles. The zero-order chi connectivity index (χ0) is 20.8. The summed E-state index contributed by atoms with van der Waals surface area (Å²) in [6, 6.07) is 16.8. The van der Waals surface area contributed by atoms with Gasteiger partial charge < -0.3 is 16.0 Å². The Morgan fingerprint density at radius 2 is 1.77 bits per heavy atom. The quantitative estimate of drug-likeness (QED) is 0.728. The summed E-state index contributed by atoms with van der Waals surface area (Å²) in [6.45, 7) is 4.68. The molecule has 30 heavy (non-hydrogen) atoms. The molecule has 1 aliphatic rings. The molecule has 2 aromatic carbocycles. The highest BCUT2D eigenvalue weighted by Crippen LogP contribution is 2.24. The molecular formula is C24H32ClN3O2. The molecule has 0 saturated carbocycles. The number of hydrogen-bond acceptors (Lipinski definition) is 3. The van der Waals surface area contributed by atoms with Crippen molar-refractivity contribution in [1.29, 1.82) is 0 Å². The van der Waals surface area contributed by atoms with Crippen molar-refractivity contribution >= 4 is 24.2 Å².